The average molecular weight is 440 g/mol. The molecule has 7 nitrogen and oxygen atoms in total. The molecule has 33 heavy (non-hydrogen) atoms. The molecular formula is C25H21FN6O. The van der Waals surface area contributed by atoms with Crippen molar-refractivity contribution in [2.24, 2.45) is 0 Å². The van der Waals surface area contributed by atoms with Crippen LogP contribution < -0.4 is 5.32 Å². The summed E-state index contributed by atoms with van der Waals surface area (Å²) in [4.78, 5) is 32.3. The molecule has 1 saturated heterocycles. The van der Waals surface area contributed by atoms with Crippen LogP contribution in [0.3, 0.4) is 0 Å². The van der Waals surface area contributed by atoms with Crippen molar-refractivity contribution in [3.63, 3.8) is 0 Å². The lowest BCUT2D eigenvalue weighted by molar-refractivity contribution is 0.0790. The molecule has 1 N–H and O–H groups in total. The number of halogens is 1. The van der Waals surface area contributed by atoms with E-state index in [1.807, 2.05) is 23.1 Å². The highest BCUT2D eigenvalue weighted by Crippen LogP contribution is 2.30. The van der Waals surface area contributed by atoms with E-state index in [4.69, 9.17) is 9.97 Å². The van der Waals surface area contributed by atoms with Crippen molar-refractivity contribution in [3.8, 4) is 11.3 Å². The van der Waals surface area contributed by atoms with Gasteiger partial charge in [0.25, 0.3) is 5.91 Å². The van der Waals surface area contributed by atoms with Gasteiger partial charge in [0, 0.05) is 61.1 Å². The maximum absolute atomic E-state index is 13.7. The molecule has 1 atom stereocenters. The first-order chi connectivity index (χ1) is 16.2. The largest absolute Gasteiger partial charge is 0.340 e. The Hall–Kier alpha value is -4.20. The molecule has 1 aromatic carbocycles. The van der Waals surface area contributed by atoms with Crippen LogP contribution in [0.25, 0.3) is 11.3 Å². The maximum atomic E-state index is 13.7. The summed E-state index contributed by atoms with van der Waals surface area (Å²) in [5.74, 6) is 0.817. The minimum Gasteiger partial charge on any atom is -0.340 e. The number of hydrogen-bond donors (Lipinski definition) is 1. The first kappa shape index (κ1) is 20.7. The Bertz CT molecular complexity index is 1270. The Labute approximate surface area is 190 Å². The van der Waals surface area contributed by atoms with Gasteiger partial charge in [-0.25, -0.2) is 14.4 Å². The van der Waals surface area contributed by atoms with E-state index in [1.165, 1.54) is 12.1 Å². The fraction of sp³-hybridized carbons (Fsp3) is 0.160. The Kier molecular flexibility index (Phi) is 5.72. The van der Waals surface area contributed by atoms with Crippen LogP contribution in [0.5, 0.6) is 0 Å². The first-order valence-electron chi connectivity index (χ1n) is 10.7. The summed E-state index contributed by atoms with van der Waals surface area (Å²) in [6.45, 7) is 1.14. The van der Waals surface area contributed by atoms with Crippen LogP contribution in [0.4, 0.5) is 15.9 Å². The van der Waals surface area contributed by atoms with Crippen LogP contribution in [0.15, 0.2) is 79.4 Å². The average Bonchev–Trinajstić information content (AvgIpc) is 3.35. The van der Waals surface area contributed by atoms with Crippen molar-refractivity contribution in [2.75, 3.05) is 18.4 Å². The molecule has 1 fully saturated rings. The third kappa shape index (κ3) is 4.69. The van der Waals surface area contributed by atoms with E-state index in [-0.39, 0.29) is 17.6 Å². The summed E-state index contributed by atoms with van der Waals surface area (Å²) >= 11 is 0. The van der Waals surface area contributed by atoms with Gasteiger partial charge in [-0.3, -0.25) is 14.8 Å². The maximum Gasteiger partial charge on any atom is 0.255 e. The molecule has 0 unspecified atom stereocenters. The zero-order valence-corrected chi connectivity index (χ0v) is 17.7. The van der Waals surface area contributed by atoms with Gasteiger partial charge >= 0.3 is 0 Å². The third-order valence-electron chi connectivity index (χ3n) is 5.57. The van der Waals surface area contributed by atoms with E-state index in [2.05, 4.69) is 15.3 Å². The monoisotopic (exact) mass is 440 g/mol. The summed E-state index contributed by atoms with van der Waals surface area (Å²) in [7, 11) is 0. The highest BCUT2D eigenvalue weighted by Gasteiger charge is 2.30. The molecule has 4 aromatic rings. The number of aromatic nitrogens is 4. The molecule has 3 aromatic heterocycles. The normalized spacial score (nSPS) is 15.4. The molecule has 1 aliphatic rings. The van der Waals surface area contributed by atoms with Gasteiger partial charge in [-0.05, 0) is 48.9 Å². The number of likely N-dealkylation sites (tertiary alicyclic amines) is 1. The van der Waals surface area contributed by atoms with Gasteiger partial charge < -0.3 is 10.2 Å². The van der Waals surface area contributed by atoms with Crippen molar-refractivity contribution in [1.82, 2.24) is 24.8 Å². The summed E-state index contributed by atoms with van der Waals surface area (Å²) in [6, 6.07) is 15.3. The second kappa shape index (κ2) is 9.12. The van der Waals surface area contributed by atoms with Gasteiger partial charge in [0.1, 0.15) is 17.5 Å². The van der Waals surface area contributed by atoms with E-state index in [0.717, 1.165) is 17.7 Å². The second-order valence-corrected chi connectivity index (χ2v) is 7.85. The quantitative estimate of drug-likeness (QED) is 0.494. The van der Waals surface area contributed by atoms with Gasteiger partial charge in [-0.2, -0.15) is 0 Å². The van der Waals surface area contributed by atoms with Crippen LogP contribution in [0, 0.1) is 5.82 Å². The molecule has 8 heteroatoms. The van der Waals surface area contributed by atoms with Crippen LogP contribution in [-0.4, -0.2) is 43.8 Å². The molecule has 5 rings (SSSR count). The number of amides is 1. The van der Waals surface area contributed by atoms with Gasteiger partial charge in [0.05, 0.1) is 11.3 Å². The zero-order valence-electron chi connectivity index (χ0n) is 17.7. The molecule has 164 valence electrons. The third-order valence-corrected chi connectivity index (χ3v) is 5.57. The lowest BCUT2D eigenvalue weighted by Gasteiger charge is -2.17. The SMILES string of the molecule is O=C(c1cccnc1)N1CC[C@@H](c2nc(Nc3cccc(F)c3)cc(-c3ccncc3)n2)C1. The van der Waals surface area contributed by atoms with Crippen molar-refractivity contribution >= 4 is 17.4 Å². The van der Waals surface area contributed by atoms with Crippen molar-refractivity contribution in [2.45, 2.75) is 12.3 Å². The van der Waals surface area contributed by atoms with Gasteiger partial charge in [0.2, 0.25) is 0 Å². The Morgan fingerprint density at radius 2 is 1.88 bits per heavy atom. The number of benzene rings is 1. The summed E-state index contributed by atoms with van der Waals surface area (Å²) in [6.07, 6.45) is 7.40. The zero-order chi connectivity index (χ0) is 22.6. The number of carbonyl (C=O) groups is 1. The van der Waals surface area contributed by atoms with E-state index >= 15 is 0 Å². The number of hydrogen-bond acceptors (Lipinski definition) is 6. The minimum absolute atomic E-state index is 0.0135. The summed E-state index contributed by atoms with van der Waals surface area (Å²) in [5, 5.41) is 3.18. The lowest BCUT2D eigenvalue weighted by Crippen LogP contribution is -2.28. The molecule has 1 aliphatic heterocycles. The number of pyridine rings is 2. The fourth-order valence-electron chi connectivity index (χ4n) is 3.92. The van der Waals surface area contributed by atoms with Crippen molar-refractivity contribution in [3.05, 3.63) is 96.6 Å². The molecule has 1 amide bonds. The number of nitrogens with one attached hydrogen (secondary N) is 1. The first-order valence-corrected chi connectivity index (χ1v) is 10.7. The van der Waals surface area contributed by atoms with E-state index in [1.54, 1.807) is 49.1 Å². The van der Waals surface area contributed by atoms with Gasteiger partial charge in [-0.1, -0.05) is 6.07 Å². The van der Waals surface area contributed by atoms with Gasteiger partial charge in [0.15, 0.2) is 0 Å². The Morgan fingerprint density at radius 3 is 2.67 bits per heavy atom. The lowest BCUT2D eigenvalue weighted by atomic mass is 10.1. The summed E-state index contributed by atoms with van der Waals surface area (Å²) in [5.41, 5.74) is 2.80. The van der Waals surface area contributed by atoms with Crippen molar-refractivity contribution in [1.29, 1.82) is 0 Å². The predicted octanol–water partition coefficient (Wildman–Crippen LogP) is 4.45. The molecule has 0 spiro atoms. The van der Waals surface area contributed by atoms with Crippen LogP contribution in [0.2, 0.25) is 0 Å². The van der Waals surface area contributed by atoms with Crippen molar-refractivity contribution < 1.29 is 9.18 Å². The molecule has 4 heterocycles. The number of rotatable bonds is 5. The second-order valence-electron chi connectivity index (χ2n) is 7.85. The topological polar surface area (TPSA) is 83.9 Å². The molecular weight excluding hydrogens is 419 g/mol. The smallest absolute Gasteiger partial charge is 0.255 e. The predicted molar refractivity (Wildman–Crippen MR) is 122 cm³/mol. The number of carbonyl (C=O) groups excluding carboxylic acids is 1. The number of nitrogens with zero attached hydrogens (tertiary/aromatic N) is 5. The Morgan fingerprint density at radius 1 is 1.00 bits per heavy atom. The minimum atomic E-state index is -0.330. The number of anilines is 2. The van der Waals surface area contributed by atoms with Crippen LogP contribution >= 0.6 is 0 Å². The summed E-state index contributed by atoms with van der Waals surface area (Å²) < 4.78 is 13.7. The van der Waals surface area contributed by atoms with E-state index in [0.29, 0.717) is 36.0 Å². The molecule has 0 radical (unpaired) electrons. The molecule has 0 saturated carbocycles. The van der Waals surface area contributed by atoms with Crippen LogP contribution in [0.1, 0.15) is 28.5 Å². The van der Waals surface area contributed by atoms with Crippen LogP contribution in [-0.2, 0) is 0 Å². The Balaban J connectivity index is 1.44. The molecule has 0 bridgehead atoms. The van der Waals surface area contributed by atoms with Gasteiger partial charge in [-0.15, -0.1) is 0 Å². The fourth-order valence-corrected chi connectivity index (χ4v) is 3.92. The highest BCUT2D eigenvalue weighted by atomic mass is 19.1. The highest BCUT2D eigenvalue weighted by molar-refractivity contribution is 5.94. The molecule has 0 aliphatic carbocycles. The van der Waals surface area contributed by atoms with E-state index in [9.17, 15) is 9.18 Å². The standard InChI is InChI=1S/C25H21FN6O/c26-20-4-1-5-21(13-20)29-23-14-22(17-6-10-27-11-7-17)30-24(31-23)19-8-12-32(16-19)25(33)18-3-2-9-28-15-18/h1-7,9-11,13-15,19H,8,12,16H2,(H,29,30,31)/t19-/m1/s1. The van der Waals surface area contributed by atoms with E-state index < -0.39 is 0 Å².